The molecule has 4 heteroatoms. The standard InChI is InChI=1S/C11H28N2OSi/c1-11(2,3)15(5,6)14-10-9-13-8-7-12-4/h12-13H,7-10H2,1-6H3. The van der Waals surface area contributed by atoms with E-state index in [9.17, 15) is 0 Å². The second-order valence-corrected chi connectivity index (χ2v) is 10.3. The van der Waals surface area contributed by atoms with Gasteiger partial charge in [0.2, 0.25) is 0 Å². The summed E-state index contributed by atoms with van der Waals surface area (Å²) in [5.74, 6) is 0. The Bertz CT molecular complexity index is 166. The number of likely N-dealkylation sites (N-methyl/N-ethyl adjacent to an activating group) is 1. The Morgan fingerprint density at radius 1 is 1.07 bits per heavy atom. The highest BCUT2D eigenvalue weighted by atomic mass is 28.4. The van der Waals surface area contributed by atoms with Gasteiger partial charge in [0.15, 0.2) is 8.32 Å². The van der Waals surface area contributed by atoms with Crippen LogP contribution in [0.4, 0.5) is 0 Å². The fourth-order valence-corrected chi connectivity index (χ4v) is 1.98. The zero-order valence-corrected chi connectivity index (χ0v) is 12.2. The van der Waals surface area contributed by atoms with Gasteiger partial charge in [-0.2, -0.15) is 0 Å². The average Bonchev–Trinajstić information content (AvgIpc) is 2.09. The van der Waals surface area contributed by atoms with Gasteiger partial charge in [-0.1, -0.05) is 20.8 Å². The Labute approximate surface area is 96.1 Å². The Balaban J connectivity index is 3.58. The third-order valence-corrected chi connectivity index (χ3v) is 7.64. The van der Waals surface area contributed by atoms with Crippen LogP contribution in [0.15, 0.2) is 0 Å². The fraction of sp³-hybridized carbons (Fsp3) is 1.00. The monoisotopic (exact) mass is 232 g/mol. The van der Waals surface area contributed by atoms with E-state index in [2.05, 4.69) is 44.5 Å². The molecule has 0 atom stereocenters. The van der Waals surface area contributed by atoms with Gasteiger partial charge in [-0.3, -0.25) is 0 Å². The van der Waals surface area contributed by atoms with E-state index in [4.69, 9.17) is 4.43 Å². The van der Waals surface area contributed by atoms with Crippen LogP contribution in [0.25, 0.3) is 0 Å². The van der Waals surface area contributed by atoms with Crippen LogP contribution in [0.5, 0.6) is 0 Å². The van der Waals surface area contributed by atoms with E-state index in [0.29, 0.717) is 5.04 Å². The molecule has 92 valence electrons. The molecule has 3 nitrogen and oxygen atoms in total. The highest BCUT2D eigenvalue weighted by Gasteiger charge is 2.36. The minimum absolute atomic E-state index is 0.317. The van der Waals surface area contributed by atoms with Crippen molar-refractivity contribution in [2.24, 2.45) is 0 Å². The molecule has 2 N–H and O–H groups in total. The smallest absolute Gasteiger partial charge is 0.192 e. The average molecular weight is 232 g/mol. The van der Waals surface area contributed by atoms with Crippen LogP contribution >= 0.6 is 0 Å². The number of nitrogens with one attached hydrogen (secondary N) is 2. The van der Waals surface area contributed by atoms with Crippen LogP contribution in [0.2, 0.25) is 18.1 Å². The first-order valence-corrected chi connectivity index (χ1v) is 8.71. The van der Waals surface area contributed by atoms with E-state index in [1.54, 1.807) is 0 Å². The van der Waals surface area contributed by atoms with Crippen LogP contribution in [-0.4, -0.2) is 41.6 Å². The Hall–Kier alpha value is 0.0969. The van der Waals surface area contributed by atoms with Crippen LogP contribution < -0.4 is 10.6 Å². The SMILES string of the molecule is CNCCNCCO[Si](C)(C)C(C)(C)C. The predicted molar refractivity (Wildman–Crippen MR) is 69.9 cm³/mol. The molecule has 0 bridgehead atoms. The van der Waals surface area contributed by atoms with Crippen molar-refractivity contribution in [3.63, 3.8) is 0 Å². The molecule has 0 amide bonds. The molecule has 15 heavy (non-hydrogen) atoms. The molecule has 0 heterocycles. The molecule has 0 unspecified atom stereocenters. The summed E-state index contributed by atoms with van der Waals surface area (Å²) in [5, 5.41) is 6.77. The highest BCUT2D eigenvalue weighted by Crippen LogP contribution is 2.36. The summed E-state index contributed by atoms with van der Waals surface area (Å²) in [4.78, 5) is 0. The van der Waals surface area contributed by atoms with Gasteiger partial charge in [0.25, 0.3) is 0 Å². The molecular weight excluding hydrogens is 204 g/mol. The lowest BCUT2D eigenvalue weighted by Crippen LogP contribution is -2.42. The quantitative estimate of drug-likeness (QED) is 0.519. The fourth-order valence-electron chi connectivity index (χ4n) is 0.933. The molecule has 0 radical (unpaired) electrons. The highest BCUT2D eigenvalue weighted by molar-refractivity contribution is 6.74. The van der Waals surface area contributed by atoms with Gasteiger partial charge in [0, 0.05) is 26.2 Å². The van der Waals surface area contributed by atoms with Crippen molar-refractivity contribution in [3.05, 3.63) is 0 Å². The molecule has 0 aliphatic rings. The van der Waals surface area contributed by atoms with Crippen molar-refractivity contribution in [2.45, 2.75) is 38.9 Å². The van der Waals surface area contributed by atoms with Gasteiger partial charge in [-0.05, 0) is 25.2 Å². The molecule has 0 aliphatic heterocycles. The molecule has 0 spiro atoms. The second kappa shape index (κ2) is 6.63. The Morgan fingerprint density at radius 3 is 2.13 bits per heavy atom. The minimum atomic E-state index is -1.53. The topological polar surface area (TPSA) is 33.3 Å². The molecule has 0 aliphatic carbocycles. The van der Waals surface area contributed by atoms with E-state index in [0.717, 1.165) is 26.2 Å². The lowest BCUT2D eigenvalue weighted by Gasteiger charge is -2.36. The van der Waals surface area contributed by atoms with Crippen LogP contribution in [0, 0.1) is 0 Å². The summed E-state index contributed by atoms with van der Waals surface area (Å²) in [6.07, 6.45) is 0. The summed E-state index contributed by atoms with van der Waals surface area (Å²) in [6.45, 7) is 15.2. The van der Waals surface area contributed by atoms with E-state index in [1.165, 1.54) is 0 Å². The van der Waals surface area contributed by atoms with E-state index >= 15 is 0 Å². The van der Waals surface area contributed by atoms with Gasteiger partial charge < -0.3 is 15.1 Å². The summed E-state index contributed by atoms with van der Waals surface area (Å²) in [6, 6.07) is 0. The Morgan fingerprint density at radius 2 is 1.67 bits per heavy atom. The molecule has 0 aromatic heterocycles. The van der Waals surface area contributed by atoms with Crippen LogP contribution in [0.1, 0.15) is 20.8 Å². The van der Waals surface area contributed by atoms with Gasteiger partial charge in [-0.25, -0.2) is 0 Å². The van der Waals surface area contributed by atoms with Crippen molar-refractivity contribution in [3.8, 4) is 0 Å². The molecular formula is C11H28N2OSi. The number of hydrogen-bond donors (Lipinski definition) is 2. The first-order valence-electron chi connectivity index (χ1n) is 5.80. The molecule has 0 aromatic carbocycles. The largest absolute Gasteiger partial charge is 0.416 e. The molecule has 0 aromatic rings. The van der Waals surface area contributed by atoms with Gasteiger partial charge >= 0.3 is 0 Å². The van der Waals surface area contributed by atoms with Crippen molar-refractivity contribution < 1.29 is 4.43 Å². The lowest BCUT2D eigenvalue weighted by atomic mass is 10.2. The number of rotatable bonds is 7. The zero-order valence-electron chi connectivity index (χ0n) is 11.2. The van der Waals surface area contributed by atoms with E-state index < -0.39 is 8.32 Å². The third-order valence-electron chi connectivity index (χ3n) is 3.10. The van der Waals surface area contributed by atoms with Crippen molar-refractivity contribution in [1.82, 2.24) is 10.6 Å². The van der Waals surface area contributed by atoms with Gasteiger partial charge in [0.1, 0.15) is 0 Å². The normalized spacial score (nSPS) is 13.2. The van der Waals surface area contributed by atoms with E-state index in [1.807, 2.05) is 7.05 Å². The summed E-state index contributed by atoms with van der Waals surface area (Å²) >= 11 is 0. The predicted octanol–water partition coefficient (Wildman–Crippen LogP) is 1.82. The maximum Gasteiger partial charge on any atom is 0.192 e. The zero-order chi connectivity index (χ0) is 11.9. The summed E-state index contributed by atoms with van der Waals surface area (Å²) < 4.78 is 6.03. The van der Waals surface area contributed by atoms with Gasteiger partial charge in [0.05, 0.1) is 0 Å². The molecule has 0 saturated heterocycles. The van der Waals surface area contributed by atoms with Crippen molar-refractivity contribution >= 4 is 8.32 Å². The van der Waals surface area contributed by atoms with Crippen molar-refractivity contribution in [2.75, 3.05) is 33.3 Å². The summed E-state index contributed by atoms with van der Waals surface area (Å²) in [5.41, 5.74) is 0. The molecule has 0 fully saturated rings. The van der Waals surface area contributed by atoms with Gasteiger partial charge in [-0.15, -0.1) is 0 Å². The Kier molecular flexibility index (Phi) is 6.67. The minimum Gasteiger partial charge on any atom is -0.416 e. The first kappa shape index (κ1) is 15.1. The van der Waals surface area contributed by atoms with Crippen molar-refractivity contribution in [1.29, 1.82) is 0 Å². The molecule has 0 rings (SSSR count). The van der Waals surface area contributed by atoms with Crippen LogP contribution in [0.3, 0.4) is 0 Å². The second-order valence-electron chi connectivity index (χ2n) is 5.46. The number of hydrogen-bond acceptors (Lipinski definition) is 3. The molecule has 0 saturated carbocycles. The summed E-state index contributed by atoms with van der Waals surface area (Å²) in [7, 11) is 0.437. The lowest BCUT2D eigenvalue weighted by molar-refractivity contribution is 0.286. The maximum atomic E-state index is 6.03. The maximum absolute atomic E-state index is 6.03. The first-order chi connectivity index (χ1) is 6.81. The van der Waals surface area contributed by atoms with E-state index in [-0.39, 0.29) is 0 Å². The van der Waals surface area contributed by atoms with Crippen LogP contribution in [-0.2, 0) is 4.43 Å². The third kappa shape index (κ3) is 6.30.